The van der Waals surface area contributed by atoms with Crippen LogP contribution in [0.2, 0.25) is 0 Å². The van der Waals surface area contributed by atoms with Crippen molar-refractivity contribution in [2.75, 3.05) is 29.9 Å². The van der Waals surface area contributed by atoms with Crippen LogP contribution in [0.15, 0.2) is 28.9 Å². The predicted octanol–water partition coefficient (Wildman–Crippen LogP) is 2.21. The number of hydrogen-bond donors (Lipinski definition) is 1. The summed E-state index contributed by atoms with van der Waals surface area (Å²) >= 11 is 0. The Morgan fingerprint density at radius 2 is 2.07 bits per heavy atom. The summed E-state index contributed by atoms with van der Waals surface area (Å²) in [6.45, 7) is 2.20. The Kier molecular flexibility index (Phi) is 6.04. The number of aromatic amines is 1. The van der Waals surface area contributed by atoms with Crippen LogP contribution in [0, 0.1) is 12.8 Å². The second kappa shape index (κ2) is 8.50. The summed E-state index contributed by atoms with van der Waals surface area (Å²) in [7, 11) is 0. The average molecular weight is 413 g/mol. The number of H-pyrrole nitrogens is 1. The van der Waals surface area contributed by atoms with E-state index in [9.17, 15) is 22.8 Å². The van der Waals surface area contributed by atoms with Crippen LogP contribution >= 0.6 is 0 Å². The molecule has 3 rings (SSSR count). The van der Waals surface area contributed by atoms with E-state index in [1.807, 2.05) is 4.90 Å². The number of piperidine rings is 1. The molecule has 2 aromatic heterocycles. The number of aryl methyl sites for hydroxylation is 1. The molecule has 0 aromatic carbocycles. The van der Waals surface area contributed by atoms with Crippen LogP contribution in [-0.2, 0) is 20.5 Å². The lowest BCUT2D eigenvalue weighted by Gasteiger charge is -2.26. The number of rotatable bonds is 5. The van der Waals surface area contributed by atoms with E-state index in [2.05, 4.69) is 15.5 Å². The van der Waals surface area contributed by atoms with E-state index < -0.39 is 30.2 Å². The minimum absolute atomic E-state index is 0.240. The first-order valence-electron chi connectivity index (χ1n) is 8.96. The molecular formula is C18H20F3N4O4+. The number of nitrogens with zero attached hydrogens (tertiary/aromatic N) is 2. The van der Waals surface area contributed by atoms with Crippen molar-refractivity contribution in [1.82, 2.24) is 5.16 Å². The van der Waals surface area contributed by atoms with Gasteiger partial charge in [-0.3, -0.25) is 14.5 Å². The molecule has 2 N–H and O–H groups in total. The first kappa shape index (κ1) is 20.6. The zero-order valence-corrected chi connectivity index (χ0v) is 15.6. The highest BCUT2D eigenvalue weighted by Crippen LogP contribution is 2.29. The number of anilines is 2. The van der Waals surface area contributed by atoms with Crippen molar-refractivity contribution < 1.29 is 37.0 Å². The van der Waals surface area contributed by atoms with Crippen molar-refractivity contribution in [2.24, 2.45) is 5.92 Å². The zero-order valence-electron chi connectivity index (χ0n) is 15.6. The first-order valence-corrected chi connectivity index (χ1v) is 8.96. The van der Waals surface area contributed by atoms with Gasteiger partial charge in [-0.2, -0.15) is 13.2 Å². The molecule has 11 heteroatoms. The molecule has 0 atom stereocenters. The maximum Gasteiger partial charge on any atom is 0.419 e. The fourth-order valence-corrected chi connectivity index (χ4v) is 3.00. The summed E-state index contributed by atoms with van der Waals surface area (Å²) in [6, 6.07) is 3.92. The molecule has 3 heterocycles. The molecule has 8 nitrogen and oxygen atoms in total. The average Bonchev–Trinajstić information content (AvgIpc) is 3.10. The highest BCUT2D eigenvalue weighted by molar-refractivity contribution is 5.92. The lowest BCUT2D eigenvalue weighted by atomic mass is 9.97. The van der Waals surface area contributed by atoms with Gasteiger partial charge in [0, 0.05) is 12.1 Å². The maximum atomic E-state index is 12.6. The number of carbonyl (C=O) groups excluding carboxylic acids is 2. The molecular weight excluding hydrogens is 393 g/mol. The van der Waals surface area contributed by atoms with Crippen molar-refractivity contribution in [2.45, 2.75) is 25.9 Å². The van der Waals surface area contributed by atoms with Crippen molar-refractivity contribution >= 4 is 23.5 Å². The topological polar surface area (TPSA) is 98.8 Å². The molecule has 1 aliphatic rings. The smallest absolute Gasteiger partial charge is 0.419 e. The molecule has 29 heavy (non-hydrogen) atoms. The van der Waals surface area contributed by atoms with Gasteiger partial charge in [0.2, 0.25) is 0 Å². The number of halogens is 3. The number of esters is 1. The van der Waals surface area contributed by atoms with E-state index in [0.29, 0.717) is 37.5 Å². The van der Waals surface area contributed by atoms with Crippen LogP contribution in [0.3, 0.4) is 0 Å². The number of pyridine rings is 1. The predicted molar refractivity (Wildman–Crippen MR) is 93.8 cm³/mol. The molecule has 0 bridgehead atoms. The van der Waals surface area contributed by atoms with Crippen LogP contribution in [0.5, 0.6) is 0 Å². The number of hydrogen-bond acceptors (Lipinski definition) is 6. The monoisotopic (exact) mass is 413 g/mol. The summed E-state index contributed by atoms with van der Waals surface area (Å²) in [5.41, 5.74) is -0.751. The zero-order chi connectivity index (χ0) is 21.0. The lowest BCUT2D eigenvalue weighted by molar-refractivity contribution is -0.367. The second-order valence-electron chi connectivity index (χ2n) is 6.70. The minimum Gasteiger partial charge on any atom is -0.455 e. The number of aromatic nitrogens is 2. The number of carbonyl (C=O) groups is 2. The van der Waals surface area contributed by atoms with E-state index >= 15 is 0 Å². The minimum atomic E-state index is -4.40. The number of nitrogens with one attached hydrogen (secondary N) is 2. The van der Waals surface area contributed by atoms with Gasteiger partial charge in [0.15, 0.2) is 12.4 Å². The third-order valence-electron chi connectivity index (χ3n) is 4.53. The Bertz CT molecular complexity index is 859. The third kappa shape index (κ3) is 5.46. The molecule has 0 aliphatic carbocycles. The molecule has 0 spiro atoms. The van der Waals surface area contributed by atoms with Gasteiger partial charge in [-0.15, -0.1) is 0 Å². The number of alkyl halides is 3. The Balaban J connectivity index is 1.44. The molecule has 1 saturated heterocycles. The second-order valence-corrected chi connectivity index (χ2v) is 6.70. The molecule has 0 radical (unpaired) electrons. The summed E-state index contributed by atoms with van der Waals surface area (Å²) < 4.78 is 47.8. The van der Waals surface area contributed by atoms with E-state index in [4.69, 9.17) is 9.26 Å². The third-order valence-corrected chi connectivity index (χ3v) is 4.53. The molecule has 0 unspecified atom stereocenters. The van der Waals surface area contributed by atoms with Gasteiger partial charge in [-0.25, -0.2) is 4.98 Å². The largest absolute Gasteiger partial charge is 0.455 e. The van der Waals surface area contributed by atoms with Crippen LogP contribution in [0.1, 0.15) is 24.2 Å². The lowest BCUT2D eigenvalue weighted by Crippen LogP contribution is -2.40. The van der Waals surface area contributed by atoms with Gasteiger partial charge in [-0.05, 0) is 25.8 Å². The Morgan fingerprint density at radius 1 is 1.34 bits per heavy atom. The summed E-state index contributed by atoms with van der Waals surface area (Å²) in [4.78, 5) is 28.5. The fraction of sp³-hybridized carbons (Fsp3) is 0.444. The van der Waals surface area contributed by atoms with E-state index in [-0.39, 0.29) is 11.7 Å². The summed E-state index contributed by atoms with van der Waals surface area (Å²) in [6.07, 6.45) is -2.54. The van der Waals surface area contributed by atoms with Crippen LogP contribution < -0.4 is 15.2 Å². The molecule has 2 aromatic rings. The quantitative estimate of drug-likeness (QED) is 0.755. The van der Waals surface area contributed by atoms with Crippen LogP contribution in [0.4, 0.5) is 24.8 Å². The van der Waals surface area contributed by atoms with E-state index in [1.54, 1.807) is 6.92 Å². The summed E-state index contributed by atoms with van der Waals surface area (Å²) in [5.74, 6) is -0.0511. The molecule has 1 amide bonds. The van der Waals surface area contributed by atoms with Gasteiger partial charge in [0.05, 0.1) is 24.6 Å². The molecule has 1 aliphatic heterocycles. The highest BCUT2D eigenvalue weighted by Gasteiger charge is 2.34. The molecule has 156 valence electrons. The van der Waals surface area contributed by atoms with Gasteiger partial charge < -0.3 is 14.6 Å². The Labute approximate surface area is 164 Å². The first-order chi connectivity index (χ1) is 13.7. The van der Waals surface area contributed by atoms with E-state index in [1.165, 1.54) is 12.1 Å². The van der Waals surface area contributed by atoms with Crippen LogP contribution in [0.25, 0.3) is 0 Å². The van der Waals surface area contributed by atoms with Crippen LogP contribution in [-0.4, -0.2) is 36.7 Å². The Morgan fingerprint density at radius 3 is 2.62 bits per heavy atom. The van der Waals surface area contributed by atoms with Crippen molar-refractivity contribution in [3.63, 3.8) is 0 Å². The van der Waals surface area contributed by atoms with Gasteiger partial charge >= 0.3 is 12.1 Å². The van der Waals surface area contributed by atoms with Crippen molar-refractivity contribution in [1.29, 1.82) is 0 Å². The SMILES string of the molecule is Cc1cc(NC(=O)COC(=O)C2CCN(c3ccc(C(F)(F)F)c[nH+]3)CC2)no1. The number of amides is 1. The number of ether oxygens (including phenoxy) is 1. The summed E-state index contributed by atoms with van der Waals surface area (Å²) in [5, 5.41) is 6.06. The molecule has 0 saturated carbocycles. The fourth-order valence-electron chi connectivity index (χ4n) is 3.00. The maximum absolute atomic E-state index is 12.6. The highest BCUT2D eigenvalue weighted by atomic mass is 19.4. The van der Waals surface area contributed by atoms with Gasteiger partial charge in [0.25, 0.3) is 11.7 Å². The Hall–Kier alpha value is -3.11. The molecule has 1 fully saturated rings. The van der Waals surface area contributed by atoms with Crippen molar-refractivity contribution in [3.8, 4) is 0 Å². The van der Waals surface area contributed by atoms with Gasteiger partial charge in [0.1, 0.15) is 12.0 Å². The van der Waals surface area contributed by atoms with E-state index in [0.717, 1.165) is 12.3 Å². The van der Waals surface area contributed by atoms with Crippen molar-refractivity contribution in [3.05, 3.63) is 35.7 Å². The normalized spacial score (nSPS) is 15.2. The standard InChI is InChI=1S/C18H19F3N4O4/c1-11-8-14(24-29-11)23-16(26)10-28-17(27)12-4-6-25(7-5-12)15-3-2-13(9-22-15)18(19,20)21/h2-3,8-9,12H,4-7,10H2,1H3,(H,23,24,26)/p+1. The van der Waals surface area contributed by atoms with Gasteiger partial charge in [-0.1, -0.05) is 5.16 Å².